The molecule has 3 heterocycles. The highest BCUT2D eigenvalue weighted by Crippen LogP contribution is 2.55. The molecule has 4 rings (SSSR count). The summed E-state index contributed by atoms with van der Waals surface area (Å²) in [5, 5.41) is 3.67. The fourth-order valence-corrected chi connectivity index (χ4v) is 4.82. The van der Waals surface area contributed by atoms with Crippen molar-refractivity contribution in [3.05, 3.63) is 59.9 Å². The van der Waals surface area contributed by atoms with Crippen LogP contribution in [0.15, 0.2) is 48.7 Å². The zero-order chi connectivity index (χ0) is 18.5. The normalized spacial score (nSPS) is 27.7. The van der Waals surface area contributed by atoms with E-state index in [4.69, 9.17) is 4.98 Å². The molecule has 1 fully saturated rings. The first kappa shape index (κ1) is 17.2. The van der Waals surface area contributed by atoms with E-state index < -0.39 is 0 Å². The van der Waals surface area contributed by atoms with Gasteiger partial charge in [-0.15, -0.1) is 0 Å². The molecule has 1 aromatic carbocycles. The van der Waals surface area contributed by atoms with Gasteiger partial charge in [0.15, 0.2) is 0 Å². The first-order valence-corrected chi connectivity index (χ1v) is 9.51. The molecule has 2 aliphatic heterocycles. The maximum absolute atomic E-state index is 13.1. The Morgan fingerprint density at radius 2 is 1.85 bits per heavy atom. The average molecular weight is 349 g/mol. The summed E-state index contributed by atoms with van der Waals surface area (Å²) in [6.07, 6.45) is 2.50. The predicted octanol–water partition coefficient (Wildman–Crippen LogP) is 4.16. The number of ketones is 1. The van der Waals surface area contributed by atoms with E-state index in [1.165, 1.54) is 5.56 Å². The topological polar surface area (TPSA) is 45.2 Å². The minimum Gasteiger partial charge on any atom is -0.367 e. The number of carbonyl (C=O) groups excluding carboxylic acids is 1. The lowest BCUT2D eigenvalue weighted by atomic mass is 9.80. The molecule has 26 heavy (non-hydrogen) atoms. The number of rotatable bonds is 3. The van der Waals surface area contributed by atoms with Crippen LogP contribution in [0.25, 0.3) is 0 Å². The van der Waals surface area contributed by atoms with Crippen molar-refractivity contribution in [2.45, 2.75) is 63.7 Å². The molecular formula is C22H27N3O. The van der Waals surface area contributed by atoms with Gasteiger partial charge in [-0.2, -0.15) is 0 Å². The van der Waals surface area contributed by atoms with Gasteiger partial charge in [0.25, 0.3) is 0 Å². The van der Waals surface area contributed by atoms with Crippen LogP contribution in [0, 0.1) is 0 Å². The molecule has 2 aromatic rings. The Balaban J connectivity index is 1.91. The molecule has 0 radical (unpaired) electrons. The van der Waals surface area contributed by atoms with Crippen LogP contribution in [0.5, 0.6) is 0 Å². The number of fused-ring (bicyclic) bond motifs is 3. The van der Waals surface area contributed by atoms with Crippen molar-refractivity contribution in [3.63, 3.8) is 0 Å². The van der Waals surface area contributed by atoms with Crippen molar-refractivity contribution in [2.24, 2.45) is 0 Å². The van der Waals surface area contributed by atoms with Gasteiger partial charge < -0.3 is 5.32 Å². The van der Waals surface area contributed by atoms with Crippen molar-refractivity contribution in [2.75, 3.05) is 5.32 Å². The summed E-state index contributed by atoms with van der Waals surface area (Å²) in [7, 11) is 0. The molecule has 0 spiro atoms. The summed E-state index contributed by atoms with van der Waals surface area (Å²) in [5.41, 5.74) is 3.28. The molecule has 1 aromatic heterocycles. The SMILES string of the molecule is CCC(=O)C1C(c2ccccc2)C2c3ncccc3NC2N1C(C)(C)C. The summed E-state index contributed by atoms with van der Waals surface area (Å²) in [4.78, 5) is 20.2. The van der Waals surface area contributed by atoms with E-state index in [0.29, 0.717) is 12.2 Å². The van der Waals surface area contributed by atoms with Crippen molar-refractivity contribution < 1.29 is 4.79 Å². The van der Waals surface area contributed by atoms with E-state index in [-0.39, 0.29) is 29.6 Å². The van der Waals surface area contributed by atoms with E-state index in [0.717, 1.165) is 11.4 Å². The molecule has 4 nitrogen and oxygen atoms in total. The monoisotopic (exact) mass is 349 g/mol. The van der Waals surface area contributed by atoms with Crippen LogP contribution in [0.2, 0.25) is 0 Å². The van der Waals surface area contributed by atoms with Crippen LogP contribution in [-0.4, -0.2) is 33.4 Å². The molecule has 4 unspecified atom stereocenters. The van der Waals surface area contributed by atoms with Gasteiger partial charge in [0.1, 0.15) is 5.78 Å². The second-order valence-corrected chi connectivity index (χ2v) is 8.33. The molecule has 0 amide bonds. The predicted molar refractivity (Wildman–Crippen MR) is 104 cm³/mol. The van der Waals surface area contributed by atoms with Crippen LogP contribution >= 0.6 is 0 Å². The number of Topliss-reactive ketones (excluding diaryl/α,β-unsaturated/α-hetero) is 1. The molecule has 1 saturated heterocycles. The third kappa shape index (κ3) is 2.55. The number of likely N-dealkylation sites (tertiary alicyclic amines) is 1. The summed E-state index contributed by atoms with van der Waals surface area (Å²) >= 11 is 0. The number of nitrogens with one attached hydrogen (secondary N) is 1. The van der Waals surface area contributed by atoms with Gasteiger partial charge in [-0.3, -0.25) is 14.7 Å². The van der Waals surface area contributed by atoms with Crippen LogP contribution < -0.4 is 5.32 Å². The van der Waals surface area contributed by atoms with E-state index in [1.54, 1.807) is 0 Å². The Labute approximate surface area is 155 Å². The highest BCUT2D eigenvalue weighted by molar-refractivity contribution is 5.86. The summed E-state index contributed by atoms with van der Waals surface area (Å²) in [5.74, 6) is 0.590. The van der Waals surface area contributed by atoms with Crippen LogP contribution in [0.3, 0.4) is 0 Å². The zero-order valence-electron chi connectivity index (χ0n) is 15.9. The number of carbonyl (C=O) groups is 1. The van der Waals surface area contributed by atoms with Gasteiger partial charge >= 0.3 is 0 Å². The second-order valence-electron chi connectivity index (χ2n) is 8.33. The summed E-state index contributed by atoms with van der Waals surface area (Å²) in [6.45, 7) is 8.57. The summed E-state index contributed by atoms with van der Waals surface area (Å²) < 4.78 is 0. The number of anilines is 1. The maximum Gasteiger partial charge on any atom is 0.150 e. The fourth-order valence-electron chi connectivity index (χ4n) is 4.82. The molecule has 2 aliphatic rings. The number of pyridine rings is 1. The highest BCUT2D eigenvalue weighted by Gasteiger charge is 2.58. The van der Waals surface area contributed by atoms with Gasteiger partial charge in [-0.1, -0.05) is 37.3 Å². The fraction of sp³-hybridized carbons (Fsp3) is 0.455. The Morgan fingerprint density at radius 1 is 1.12 bits per heavy atom. The molecule has 4 heteroatoms. The zero-order valence-corrected chi connectivity index (χ0v) is 15.9. The van der Waals surface area contributed by atoms with Crippen molar-refractivity contribution in [1.82, 2.24) is 9.88 Å². The first-order chi connectivity index (χ1) is 12.4. The number of benzene rings is 1. The number of hydrogen-bond acceptors (Lipinski definition) is 4. The van der Waals surface area contributed by atoms with Gasteiger partial charge in [-0.25, -0.2) is 0 Å². The van der Waals surface area contributed by atoms with Crippen LogP contribution in [-0.2, 0) is 4.79 Å². The molecule has 0 bridgehead atoms. The minimum atomic E-state index is -0.139. The molecule has 136 valence electrons. The van der Waals surface area contributed by atoms with Crippen molar-refractivity contribution in [1.29, 1.82) is 0 Å². The number of aromatic nitrogens is 1. The van der Waals surface area contributed by atoms with Gasteiger partial charge in [0.05, 0.1) is 23.6 Å². The maximum atomic E-state index is 13.1. The van der Waals surface area contributed by atoms with Crippen LogP contribution in [0.1, 0.15) is 57.2 Å². The van der Waals surface area contributed by atoms with E-state index in [2.05, 4.69) is 61.3 Å². The Kier molecular flexibility index (Phi) is 4.11. The van der Waals surface area contributed by atoms with E-state index >= 15 is 0 Å². The Hall–Kier alpha value is -2.20. The van der Waals surface area contributed by atoms with Gasteiger partial charge in [-0.05, 0) is 38.5 Å². The average Bonchev–Trinajstić information content (AvgIpc) is 3.15. The second kappa shape index (κ2) is 6.20. The Morgan fingerprint density at radius 3 is 2.50 bits per heavy atom. The molecular weight excluding hydrogens is 322 g/mol. The van der Waals surface area contributed by atoms with Gasteiger partial charge in [0, 0.05) is 30.0 Å². The lowest BCUT2D eigenvalue weighted by molar-refractivity contribution is -0.125. The van der Waals surface area contributed by atoms with Gasteiger partial charge in [0.2, 0.25) is 0 Å². The van der Waals surface area contributed by atoms with E-state index in [9.17, 15) is 4.79 Å². The molecule has 0 saturated carbocycles. The number of hydrogen-bond donors (Lipinski definition) is 1. The lowest BCUT2D eigenvalue weighted by Crippen LogP contribution is -2.54. The third-order valence-corrected chi connectivity index (χ3v) is 5.76. The van der Waals surface area contributed by atoms with Crippen molar-refractivity contribution >= 4 is 11.5 Å². The molecule has 4 atom stereocenters. The molecule has 1 N–H and O–H groups in total. The Bertz CT molecular complexity index is 812. The lowest BCUT2D eigenvalue weighted by Gasteiger charge is -2.41. The van der Waals surface area contributed by atoms with E-state index in [1.807, 2.05) is 25.3 Å². The largest absolute Gasteiger partial charge is 0.367 e. The quantitative estimate of drug-likeness (QED) is 0.904. The first-order valence-electron chi connectivity index (χ1n) is 9.51. The number of nitrogens with zero attached hydrogens (tertiary/aromatic N) is 2. The third-order valence-electron chi connectivity index (χ3n) is 5.76. The molecule has 0 aliphatic carbocycles. The highest BCUT2D eigenvalue weighted by atomic mass is 16.1. The smallest absolute Gasteiger partial charge is 0.150 e. The van der Waals surface area contributed by atoms with Crippen LogP contribution in [0.4, 0.5) is 5.69 Å². The minimum absolute atomic E-state index is 0.0885. The standard InChI is InChI=1S/C22H27N3O/c1-5-16(26)20-17(14-10-7-6-8-11-14)18-19-15(12-9-13-23-19)24-21(18)25(20)22(2,3)4/h6-13,17-18,20-21,24H,5H2,1-4H3. The summed E-state index contributed by atoms with van der Waals surface area (Å²) in [6, 6.07) is 14.4. The van der Waals surface area contributed by atoms with Crippen molar-refractivity contribution in [3.8, 4) is 0 Å².